The Morgan fingerprint density at radius 1 is 1.35 bits per heavy atom. The summed E-state index contributed by atoms with van der Waals surface area (Å²) in [4.78, 5) is 13.5. The van der Waals surface area contributed by atoms with Crippen LogP contribution in [-0.4, -0.2) is 49.8 Å². The van der Waals surface area contributed by atoms with Crippen LogP contribution < -0.4 is 14.8 Å². The third-order valence-corrected chi connectivity index (χ3v) is 3.52. The van der Waals surface area contributed by atoms with E-state index in [9.17, 15) is 9.90 Å². The van der Waals surface area contributed by atoms with Crippen LogP contribution in [0.5, 0.6) is 17.2 Å². The van der Waals surface area contributed by atoms with Gasteiger partial charge in [-0.3, -0.25) is 4.79 Å². The topological polar surface area (TPSA) is 71.0 Å². The highest BCUT2D eigenvalue weighted by Gasteiger charge is 2.28. The van der Waals surface area contributed by atoms with Crippen LogP contribution in [0.15, 0.2) is 12.1 Å². The number of carbonyl (C=O) groups excluding carboxylic acids is 1. The Kier molecular flexibility index (Phi) is 4.34. The average molecular weight is 280 g/mol. The predicted octanol–water partition coefficient (Wildman–Crippen LogP) is 0.730. The van der Waals surface area contributed by atoms with Crippen molar-refractivity contribution in [1.82, 2.24) is 10.2 Å². The Morgan fingerprint density at radius 3 is 2.40 bits per heavy atom. The zero-order valence-corrected chi connectivity index (χ0v) is 12.0. The van der Waals surface area contributed by atoms with Gasteiger partial charge in [0.1, 0.15) is 0 Å². The maximum absolute atomic E-state index is 11.8. The molecule has 0 saturated carbocycles. The number of methoxy groups -OCH3 is 2. The van der Waals surface area contributed by atoms with Crippen LogP contribution in [0.1, 0.15) is 12.0 Å². The van der Waals surface area contributed by atoms with Crippen LogP contribution >= 0.6 is 0 Å². The molecule has 1 unspecified atom stereocenters. The molecule has 110 valence electrons. The number of carbonyl (C=O) groups is 1. The molecule has 0 aromatic heterocycles. The molecule has 1 aromatic rings. The highest BCUT2D eigenvalue weighted by atomic mass is 16.5. The molecule has 1 aromatic carbocycles. The van der Waals surface area contributed by atoms with E-state index in [4.69, 9.17) is 9.47 Å². The van der Waals surface area contributed by atoms with E-state index in [0.717, 1.165) is 18.5 Å². The number of nitrogens with one attached hydrogen (secondary N) is 1. The lowest BCUT2D eigenvalue weighted by Crippen LogP contribution is -2.36. The zero-order valence-electron chi connectivity index (χ0n) is 12.0. The Labute approximate surface area is 118 Å². The van der Waals surface area contributed by atoms with Gasteiger partial charge in [-0.25, -0.2) is 0 Å². The molecule has 0 radical (unpaired) electrons. The normalized spacial score (nSPS) is 18.4. The second-order valence-electron chi connectivity index (χ2n) is 4.83. The highest BCUT2D eigenvalue weighted by molar-refractivity contribution is 5.83. The Hall–Kier alpha value is -1.95. The standard InChI is InChI=1S/C14H20N2O4/c1-16-5-4-10(14(16)18)15-8-9-6-11(19-2)13(17)12(7-9)20-3/h6-7,10,15,17H,4-5,8H2,1-3H3. The number of ether oxygens (including phenoxy) is 2. The van der Waals surface area contributed by atoms with E-state index in [-0.39, 0.29) is 17.7 Å². The number of phenols is 1. The first kappa shape index (κ1) is 14.5. The van der Waals surface area contributed by atoms with Crippen molar-refractivity contribution in [3.8, 4) is 17.2 Å². The summed E-state index contributed by atoms with van der Waals surface area (Å²) in [5, 5.41) is 13.1. The number of benzene rings is 1. The largest absolute Gasteiger partial charge is 0.502 e. The molecular weight excluding hydrogens is 260 g/mol. The van der Waals surface area contributed by atoms with Crippen molar-refractivity contribution in [2.75, 3.05) is 27.8 Å². The summed E-state index contributed by atoms with van der Waals surface area (Å²) in [7, 11) is 4.78. The van der Waals surface area contributed by atoms with Gasteiger partial charge < -0.3 is 24.8 Å². The van der Waals surface area contributed by atoms with E-state index in [1.807, 2.05) is 0 Å². The van der Waals surface area contributed by atoms with Gasteiger partial charge in [-0.05, 0) is 24.1 Å². The quantitative estimate of drug-likeness (QED) is 0.832. The van der Waals surface area contributed by atoms with Gasteiger partial charge in [0.2, 0.25) is 11.7 Å². The molecule has 1 aliphatic rings. The third-order valence-electron chi connectivity index (χ3n) is 3.52. The zero-order chi connectivity index (χ0) is 14.7. The van der Waals surface area contributed by atoms with E-state index in [1.165, 1.54) is 14.2 Å². The van der Waals surface area contributed by atoms with Gasteiger partial charge in [-0.1, -0.05) is 0 Å². The van der Waals surface area contributed by atoms with Gasteiger partial charge in [-0.15, -0.1) is 0 Å². The number of aromatic hydroxyl groups is 1. The van der Waals surface area contributed by atoms with Crippen molar-refractivity contribution in [1.29, 1.82) is 0 Å². The Balaban J connectivity index is 2.08. The minimum atomic E-state index is -0.147. The van der Waals surface area contributed by atoms with E-state index < -0.39 is 0 Å². The van der Waals surface area contributed by atoms with Crippen LogP contribution in [0.2, 0.25) is 0 Å². The maximum Gasteiger partial charge on any atom is 0.239 e. The minimum absolute atomic E-state index is 0.0181. The SMILES string of the molecule is COc1cc(CNC2CCN(C)C2=O)cc(OC)c1O. The third kappa shape index (κ3) is 2.80. The van der Waals surface area contributed by atoms with Gasteiger partial charge in [0.05, 0.1) is 20.3 Å². The number of phenolic OH excluding ortho intramolecular Hbond substituents is 1. The first-order chi connectivity index (χ1) is 9.56. The minimum Gasteiger partial charge on any atom is -0.502 e. The molecule has 6 heteroatoms. The van der Waals surface area contributed by atoms with Gasteiger partial charge in [0.15, 0.2) is 11.5 Å². The van der Waals surface area contributed by atoms with Crippen molar-refractivity contribution >= 4 is 5.91 Å². The predicted molar refractivity (Wildman–Crippen MR) is 74.1 cm³/mol. The van der Waals surface area contributed by atoms with Gasteiger partial charge in [0, 0.05) is 20.1 Å². The molecule has 2 N–H and O–H groups in total. The van der Waals surface area contributed by atoms with Gasteiger partial charge >= 0.3 is 0 Å². The maximum atomic E-state index is 11.8. The number of hydrogen-bond donors (Lipinski definition) is 2. The first-order valence-corrected chi connectivity index (χ1v) is 6.49. The summed E-state index contributed by atoms with van der Waals surface area (Å²) < 4.78 is 10.2. The first-order valence-electron chi connectivity index (χ1n) is 6.49. The van der Waals surface area contributed by atoms with E-state index >= 15 is 0 Å². The molecule has 1 amide bonds. The lowest BCUT2D eigenvalue weighted by molar-refractivity contribution is -0.128. The molecule has 1 heterocycles. The van der Waals surface area contributed by atoms with Crippen LogP contribution in [0.4, 0.5) is 0 Å². The van der Waals surface area contributed by atoms with E-state index in [0.29, 0.717) is 18.0 Å². The van der Waals surface area contributed by atoms with Crippen molar-refractivity contribution in [2.24, 2.45) is 0 Å². The summed E-state index contributed by atoms with van der Waals surface area (Å²) >= 11 is 0. The summed E-state index contributed by atoms with van der Waals surface area (Å²) in [6, 6.07) is 3.31. The molecule has 0 spiro atoms. The van der Waals surface area contributed by atoms with Crippen LogP contribution in [0, 0.1) is 0 Å². The summed E-state index contributed by atoms with van der Waals surface area (Å²) in [6.45, 7) is 1.29. The number of hydrogen-bond acceptors (Lipinski definition) is 5. The summed E-state index contributed by atoms with van der Waals surface area (Å²) in [5.74, 6) is 0.810. The average Bonchev–Trinajstić information content (AvgIpc) is 2.77. The molecule has 1 saturated heterocycles. The molecule has 1 fully saturated rings. The lowest BCUT2D eigenvalue weighted by atomic mass is 10.1. The fourth-order valence-corrected chi connectivity index (χ4v) is 2.30. The summed E-state index contributed by atoms with van der Waals surface area (Å²) in [5.41, 5.74) is 0.888. The van der Waals surface area contributed by atoms with E-state index in [1.54, 1.807) is 24.1 Å². The monoisotopic (exact) mass is 280 g/mol. The van der Waals surface area contributed by atoms with Crippen LogP contribution in [0.3, 0.4) is 0 Å². The Morgan fingerprint density at radius 2 is 1.95 bits per heavy atom. The van der Waals surface area contributed by atoms with Crippen LogP contribution in [-0.2, 0) is 11.3 Å². The smallest absolute Gasteiger partial charge is 0.239 e. The number of nitrogens with zero attached hydrogens (tertiary/aromatic N) is 1. The van der Waals surface area contributed by atoms with Crippen molar-refractivity contribution in [2.45, 2.75) is 19.0 Å². The molecular formula is C14H20N2O4. The van der Waals surface area contributed by atoms with Crippen molar-refractivity contribution in [3.63, 3.8) is 0 Å². The molecule has 1 atom stereocenters. The molecule has 20 heavy (non-hydrogen) atoms. The molecule has 2 rings (SSSR count). The van der Waals surface area contributed by atoms with Crippen LogP contribution in [0.25, 0.3) is 0 Å². The Bertz CT molecular complexity index is 479. The molecule has 0 bridgehead atoms. The summed E-state index contributed by atoms with van der Waals surface area (Å²) in [6.07, 6.45) is 0.807. The molecule has 1 aliphatic heterocycles. The number of rotatable bonds is 5. The van der Waals surface area contributed by atoms with E-state index in [2.05, 4.69) is 5.32 Å². The van der Waals surface area contributed by atoms with Crippen molar-refractivity contribution in [3.05, 3.63) is 17.7 Å². The molecule has 6 nitrogen and oxygen atoms in total. The van der Waals surface area contributed by atoms with Gasteiger partial charge in [-0.2, -0.15) is 0 Å². The fraction of sp³-hybridized carbons (Fsp3) is 0.500. The van der Waals surface area contributed by atoms with Crippen molar-refractivity contribution < 1.29 is 19.4 Å². The highest BCUT2D eigenvalue weighted by Crippen LogP contribution is 2.37. The fourth-order valence-electron chi connectivity index (χ4n) is 2.30. The number of amides is 1. The molecule has 0 aliphatic carbocycles. The second-order valence-corrected chi connectivity index (χ2v) is 4.83. The van der Waals surface area contributed by atoms with Gasteiger partial charge in [0.25, 0.3) is 0 Å². The lowest BCUT2D eigenvalue weighted by Gasteiger charge is -2.14. The number of likely N-dealkylation sites (N-methyl/N-ethyl adjacent to an activating group) is 1. The number of likely N-dealkylation sites (tertiary alicyclic amines) is 1. The second kappa shape index (κ2) is 6.00.